The van der Waals surface area contributed by atoms with Gasteiger partial charge in [-0.25, -0.2) is 0 Å². The molecule has 0 fully saturated rings. The molecular formula is C9H8O3S. The van der Waals surface area contributed by atoms with Crippen molar-refractivity contribution in [2.24, 2.45) is 0 Å². The summed E-state index contributed by atoms with van der Waals surface area (Å²) in [4.78, 5) is 10.9. The van der Waals surface area contributed by atoms with Gasteiger partial charge >= 0.3 is 5.97 Å². The summed E-state index contributed by atoms with van der Waals surface area (Å²) in [6, 6.07) is 1.75. The first-order valence-electron chi connectivity index (χ1n) is 3.61. The predicted molar refractivity (Wildman–Crippen MR) is 49.4 cm³/mol. The van der Waals surface area contributed by atoms with Gasteiger partial charge in [0.15, 0.2) is 0 Å². The predicted octanol–water partition coefficient (Wildman–Crippen LogP) is 1.07. The lowest BCUT2D eigenvalue weighted by atomic mass is 10.3. The minimum Gasteiger partial charge on any atom is -0.481 e. The zero-order valence-electron chi connectivity index (χ0n) is 6.78. The lowest BCUT2D eigenvalue weighted by Crippen LogP contribution is -1.89. The molecule has 3 nitrogen and oxygen atoms in total. The van der Waals surface area contributed by atoms with Gasteiger partial charge in [0, 0.05) is 15.8 Å². The Balaban J connectivity index is 2.61. The lowest BCUT2D eigenvalue weighted by molar-refractivity contribution is -0.135. The first-order chi connectivity index (χ1) is 6.22. The summed E-state index contributed by atoms with van der Waals surface area (Å²) in [7, 11) is 0. The summed E-state index contributed by atoms with van der Waals surface area (Å²) in [5.74, 6) is 4.29. The molecule has 1 aromatic heterocycles. The molecule has 0 bridgehead atoms. The van der Waals surface area contributed by atoms with Crippen molar-refractivity contribution in [3.63, 3.8) is 0 Å². The molecule has 0 spiro atoms. The van der Waals surface area contributed by atoms with Crippen molar-refractivity contribution in [1.29, 1.82) is 0 Å². The number of carboxylic acids is 1. The Hall–Kier alpha value is -1.31. The fourth-order valence-corrected chi connectivity index (χ4v) is 1.43. The van der Waals surface area contributed by atoms with Gasteiger partial charge in [-0.15, -0.1) is 11.3 Å². The van der Waals surface area contributed by atoms with Crippen LogP contribution >= 0.6 is 11.3 Å². The molecule has 0 aliphatic heterocycles. The maximum atomic E-state index is 10.1. The molecule has 1 heterocycles. The molecule has 0 saturated carbocycles. The Labute approximate surface area is 79.6 Å². The molecule has 1 rings (SSSR count). The molecule has 13 heavy (non-hydrogen) atoms. The van der Waals surface area contributed by atoms with Crippen LogP contribution in [0, 0.1) is 11.8 Å². The van der Waals surface area contributed by atoms with Crippen LogP contribution in [-0.4, -0.2) is 16.2 Å². The zero-order chi connectivity index (χ0) is 9.68. The highest BCUT2D eigenvalue weighted by atomic mass is 32.1. The third-order valence-corrected chi connectivity index (χ3v) is 2.20. The quantitative estimate of drug-likeness (QED) is 0.695. The number of rotatable bonds is 2. The zero-order valence-corrected chi connectivity index (χ0v) is 7.60. The fourth-order valence-electron chi connectivity index (χ4n) is 0.751. The average Bonchev–Trinajstić information content (AvgIpc) is 2.52. The van der Waals surface area contributed by atoms with Gasteiger partial charge in [-0.3, -0.25) is 4.79 Å². The van der Waals surface area contributed by atoms with Crippen LogP contribution in [0.2, 0.25) is 0 Å². The Bertz CT molecular complexity index is 356. The van der Waals surface area contributed by atoms with E-state index in [1.807, 2.05) is 0 Å². The molecule has 0 atom stereocenters. The molecule has 0 aromatic carbocycles. The Morgan fingerprint density at radius 2 is 2.38 bits per heavy atom. The molecule has 4 heteroatoms. The van der Waals surface area contributed by atoms with Gasteiger partial charge in [0.25, 0.3) is 0 Å². The first kappa shape index (κ1) is 9.78. The third-order valence-electron chi connectivity index (χ3n) is 1.28. The number of aliphatic hydroxyl groups is 1. The lowest BCUT2D eigenvalue weighted by Gasteiger charge is -1.81. The van der Waals surface area contributed by atoms with Crippen molar-refractivity contribution in [3.05, 3.63) is 21.9 Å². The number of aliphatic hydroxyl groups excluding tert-OH is 1. The van der Waals surface area contributed by atoms with Crippen LogP contribution in [0.25, 0.3) is 0 Å². The topological polar surface area (TPSA) is 57.5 Å². The summed E-state index contributed by atoms with van der Waals surface area (Å²) >= 11 is 1.41. The van der Waals surface area contributed by atoms with Crippen LogP contribution < -0.4 is 0 Å². The van der Waals surface area contributed by atoms with E-state index in [-0.39, 0.29) is 13.0 Å². The Morgan fingerprint density at radius 1 is 1.62 bits per heavy atom. The van der Waals surface area contributed by atoms with E-state index in [1.165, 1.54) is 11.3 Å². The normalized spacial score (nSPS) is 9.00. The van der Waals surface area contributed by atoms with Crippen molar-refractivity contribution < 1.29 is 15.0 Å². The van der Waals surface area contributed by atoms with E-state index in [0.717, 1.165) is 10.4 Å². The van der Waals surface area contributed by atoms with Crippen LogP contribution in [0.5, 0.6) is 0 Å². The first-order valence-corrected chi connectivity index (χ1v) is 4.49. The molecule has 0 unspecified atom stereocenters. The van der Waals surface area contributed by atoms with E-state index in [9.17, 15) is 4.79 Å². The molecular weight excluding hydrogens is 188 g/mol. The van der Waals surface area contributed by atoms with Crippen molar-refractivity contribution in [2.45, 2.75) is 13.0 Å². The second kappa shape index (κ2) is 4.65. The van der Waals surface area contributed by atoms with Crippen LogP contribution in [-0.2, 0) is 11.4 Å². The van der Waals surface area contributed by atoms with E-state index < -0.39 is 5.97 Å². The molecule has 0 amide bonds. The minimum atomic E-state index is -0.926. The molecule has 2 N–H and O–H groups in total. The molecule has 68 valence electrons. The number of carbonyl (C=O) groups is 1. The van der Waals surface area contributed by atoms with Crippen molar-refractivity contribution in [1.82, 2.24) is 0 Å². The maximum Gasteiger partial charge on any atom is 0.315 e. The summed E-state index contributed by atoms with van der Waals surface area (Å²) in [5, 5.41) is 18.8. The average molecular weight is 196 g/mol. The van der Waals surface area contributed by atoms with Crippen molar-refractivity contribution >= 4 is 17.3 Å². The largest absolute Gasteiger partial charge is 0.481 e. The highest BCUT2D eigenvalue weighted by Crippen LogP contribution is 2.13. The van der Waals surface area contributed by atoms with Crippen molar-refractivity contribution in [2.75, 3.05) is 0 Å². The molecule has 0 radical (unpaired) electrons. The van der Waals surface area contributed by atoms with Gasteiger partial charge in [0.05, 0.1) is 6.61 Å². The van der Waals surface area contributed by atoms with Crippen molar-refractivity contribution in [3.8, 4) is 11.8 Å². The molecule has 0 aliphatic carbocycles. The Kier molecular flexibility index (Phi) is 3.50. The number of hydrogen-bond donors (Lipinski definition) is 2. The Morgan fingerprint density at radius 3 is 2.92 bits per heavy atom. The molecule has 0 aliphatic rings. The second-order valence-electron chi connectivity index (χ2n) is 2.33. The third kappa shape index (κ3) is 3.28. The molecule has 0 saturated heterocycles. The van der Waals surface area contributed by atoms with Crippen LogP contribution in [0.4, 0.5) is 0 Å². The smallest absolute Gasteiger partial charge is 0.315 e. The van der Waals surface area contributed by atoms with Crippen LogP contribution in [0.1, 0.15) is 16.9 Å². The number of aliphatic carboxylic acids is 1. The van der Waals surface area contributed by atoms with Gasteiger partial charge < -0.3 is 10.2 Å². The van der Waals surface area contributed by atoms with E-state index in [1.54, 1.807) is 11.4 Å². The summed E-state index contributed by atoms with van der Waals surface area (Å²) in [6.07, 6.45) is -0.149. The fraction of sp³-hybridized carbons (Fsp3) is 0.222. The van der Waals surface area contributed by atoms with Crippen LogP contribution in [0.3, 0.4) is 0 Å². The van der Waals surface area contributed by atoms with E-state index in [2.05, 4.69) is 11.8 Å². The van der Waals surface area contributed by atoms with Gasteiger partial charge in [0.1, 0.15) is 6.42 Å². The van der Waals surface area contributed by atoms with E-state index in [4.69, 9.17) is 10.2 Å². The summed E-state index contributed by atoms with van der Waals surface area (Å²) in [5.41, 5.74) is 0.760. The highest BCUT2D eigenvalue weighted by Gasteiger charge is 1.95. The van der Waals surface area contributed by atoms with Gasteiger partial charge in [-0.2, -0.15) is 0 Å². The monoisotopic (exact) mass is 196 g/mol. The second-order valence-corrected chi connectivity index (χ2v) is 3.33. The van der Waals surface area contributed by atoms with Crippen LogP contribution in [0.15, 0.2) is 11.4 Å². The van der Waals surface area contributed by atoms with Gasteiger partial charge in [-0.1, -0.05) is 11.8 Å². The number of hydrogen-bond acceptors (Lipinski definition) is 3. The number of thiophene rings is 1. The SMILES string of the molecule is O=C(O)CC#Cc1csc(CO)c1. The summed E-state index contributed by atoms with van der Waals surface area (Å²) < 4.78 is 0. The highest BCUT2D eigenvalue weighted by molar-refractivity contribution is 7.10. The van der Waals surface area contributed by atoms with Gasteiger partial charge in [0.2, 0.25) is 0 Å². The number of carboxylic acid groups (broad SMARTS) is 1. The minimum absolute atomic E-state index is 0.00524. The maximum absolute atomic E-state index is 10.1. The summed E-state index contributed by atoms with van der Waals surface area (Å²) in [6.45, 7) is 0.00524. The molecule has 1 aromatic rings. The van der Waals surface area contributed by atoms with E-state index in [0.29, 0.717) is 0 Å². The van der Waals surface area contributed by atoms with Gasteiger partial charge in [-0.05, 0) is 6.07 Å². The standard InChI is InChI=1S/C9H8O3S/c10-5-8-4-7(6-13-8)2-1-3-9(11)12/h4,6,10H,3,5H2,(H,11,12). The van der Waals surface area contributed by atoms with E-state index >= 15 is 0 Å².